The summed E-state index contributed by atoms with van der Waals surface area (Å²) in [5.41, 5.74) is 0.778. The van der Waals surface area contributed by atoms with Gasteiger partial charge in [0.1, 0.15) is 0 Å². The summed E-state index contributed by atoms with van der Waals surface area (Å²) in [7, 11) is 2.09. The Balaban J connectivity index is 1.96. The number of hydrogen-bond acceptors (Lipinski definition) is 5. The van der Waals surface area contributed by atoms with Gasteiger partial charge in [-0.05, 0) is 32.9 Å². The van der Waals surface area contributed by atoms with Crippen LogP contribution in [0.5, 0.6) is 0 Å². The minimum atomic E-state index is -0.470. The van der Waals surface area contributed by atoms with E-state index >= 15 is 0 Å². The molecule has 2 unspecified atom stereocenters. The van der Waals surface area contributed by atoms with Crippen LogP contribution < -0.4 is 4.90 Å². The first-order chi connectivity index (χ1) is 8.61. The Labute approximate surface area is 113 Å². The van der Waals surface area contributed by atoms with E-state index in [0.717, 1.165) is 23.9 Å². The van der Waals surface area contributed by atoms with Crippen molar-refractivity contribution in [2.75, 3.05) is 31.6 Å². The number of rotatable bonds is 5. The summed E-state index contributed by atoms with van der Waals surface area (Å²) in [5, 5.41) is 12.5. The number of aliphatic hydroxyl groups excluding tert-OH is 1. The number of aliphatic hydroxyl groups is 1. The third-order valence-corrected chi connectivity index (χ3v) is 4.63. The molecule has 2 heterocycles. The predicted octanol–water partition coefficient (Wildman–Crippen LogP) is 2.12. The summed E-state index contributed by atoms with van der Waals surface area (Å²) < 4.78 is 0. The van der Waals surface area contributed by atoms with Crippen molar-refractivity contribution >= 4 is 16.5 Å². The van der Waals surface area contributed by atoms with Gasteiger partial charge in [0.15, 0.2) is 5.13 Å². The molecule has 102 valence electrons. The topological polar surface area (TPSA) is 39.6 Å². The summed E-state index contributed by atoms with van der Waals surface area (Å²) in [6.45, 7) is 7.38. The first kappa shape index (κ1) is 13.8. The second kappa shape index (κ2) is 5.99. The van der Waals surface area contributed by atoms with E-state index in [9.17, 15) is 5.11 Å². The molecule has 5 heteroatoms. The minimum Gasteiger partial charge on any atom is -0.387 e. The van der Waals surface area contributed by atoms with Crippen molar-refractivity contribution in [2.45, 2.75) is 38.8 Å². The summed E-state index contributed by atoms with van der Waals surface area (Å²) in [4.78, 5) is 9.24. The smallest absolute Gasteiger partial charge is 0.185 e. The highest BCUT2D eigenvalue weighted by Gasteiger charge is 2.24. The lowest BCUT2D eigenvalue weighted by atomic mass is 10.2. The van der Waals surface area contributed by atoms with Gasteiger partial charge in [0, 0.05) is 25.0 Å². The summed E-state index contributed by atoms with van der Waals surface area (Å²) in [5.74, 6) is 0. The van der Waals surface area contributed by atoms with E-state index in [2.05, 4.69) is 28.8 Å². The van der Waals surface area contributed by atoms with Gasteiger partial charge in [-0.2, -0.15) is 0 Å². The van der Waals surface area contributed by atoms with Crippen molar-refractivity contribution in [1.82, 2.24) is 9.88 Å². The molecule has 1 N–H and O–H groups in total. The van der Waals surface area contributed by atoms with Crippen LogP contribution in [-0.4, -0.2) is 47.7 Å². The van der Waals surface area contributed by atoms with E-state index in [4.69, 9.17) is 0 Å². The number of nitrogens with zero attached hydrogens (tertiary/aromatic N) is 3. The van der Waals surface area contributed by atoms with Gasteiger partial charge in [-0.3, -0.25) is 4.90 Å². The fourth-order valence-electron chi connectivity index (χ4n) is 2.56. The van der Waals surface area contributed by atoms with Crippen LogP contribution in [0.25, 0.3) is 0 Å². The fourth-order valence-corrected chi connectivity index (χ4v) is 3.44. The van der Waals surface area contributed by atoms with Gasteiger partial charge in [0.2, 0.25) is 0 Å². The zero-order valence-electron chi connectivity index (χ0n) is 11.5. The van der Waals surface area contributed by atoms with E-state index in [1.54, 1.807) is 18.3 Å². The molecule has 1 fully saturated rings. The first-order valence-electron chi connectivity index (χ1n) is 6.70. The van der Waals surface area contributed by atoms with E-state index in [-0.39, 0.29) is 0 Å². The van der Waals surface area contributed by atoms with Gasteiger partial charge in [-0.1, -0.05) is 6.92 Å². The van der Waals surface area contributed by atoms with Gasteiger partial charge >= 0.3 is 0 Å². The number of likely N-dealkylation sites (N-methyl/N-ethyl adjacent to an activating group) is 2. The second-order valence-electron chi connectivity index (χ2n) is 5.04. The molecule has 1 aromatic rings. The molecule has 0 radical (unpaired) electrons. The van der Waals surface area contributed by atoms with Crippen LogP contribution in [0.2, 0.25) is 0 Å². The maximum Gasteiger partial charge on any atom is 0.185 e. The van der Waals surface area contributed by atoms with Gasteiger partial charge < -0.3 is 10.0 Å². The lowest BCUT2D eigenvalue weighted by molar-refractivity contribution is 0.195. The molecule has 18 heavy (non-hydrogen) atoms. The number of likely N-dealkylation sites (tertiary alicyclic amines) is 1. The maximum atomic E-state index is 9.50. The van der Waals surface area contributed by atoms with Gasteiger partial charge in [0.25, 0.3) is 0 Å². The third-order valence-electron chi connectivity index (χ3n) is 3.65. The lowest BCUT2D eigenvalue weighted by Gasteiger charge is -2.27. The number of hydrogen-bond donors (Lipinski definition) is 1. The number of thiazole rings is 1. The molecule has 2 atom stereocenters. The Morgan fingerprint density at radius 1 is 1.67 bits per heavy atom. The molecule has 2 rings (SSSR count). The van der Waals surface area contributed by atoms with Crippen molar-refractivity contribution in [3.63, 3.8) is 0 Å². The van der Waals surface area contributed by atoms with Crippen LogP contribution in [-0.2, 0) is 0 Å². The molecule has 4 nitrogen and oxygen atoms in total. The molecular weight excluding hydrogens is 246 g/mol. The van der Waals surface area contributed by atoms with E-state index in [0.29, 0.717) is 6.04 Å². The van der Waals surface area contributed by atoms with Crippen LogP contribution in [0.15, 0.2) is 5.38 Å². The van der Waals surface area contributed by atoms with Crippen molar-refractivity contribution in [1.29, 1.82) is 0 Å². The average molecular weight is 269 g/mol. The van der Waals surface area contributed by atoms with Crippen LogP contribution >= 0.6 is 11.3 Å². The molecule has 0 spiro atoms. The van der Waals surface area contributed by atoms with Crippen LogP contribution in [0.1, 0.15) is 38.5 Å². The average Bonchev–Trinajstić information content (AvgIpc) is 2.96. The lowest BCUT2D eigenvalue weighted by Crippen LogP contribution is -2.38. The fraction of sp³-hybridized carbons (Fsp3) is 0.769. The molecular formula is C13H23N3OS. The molecule has 0 saturated carbocycles. The molecule has 1 saturated heterocycles. The zero-order valence-corrected chi connectivity index (χ0v) is 12.3. The maximum absolute atomic E-state index is 9.50. The number of anilines is 1. The Kier molecular flexibility index (Phi) is 4.59. The largest absolute Gasteiger partial charge is 0.387 e. The standard InChI is InChI=1S/C13H23N3OS/c1-4-16-7-5-6-11(16)8-15(3)13-14-12(9-18-13)10(2)17/h9-11,17H,4-8H2,1-3H3. The molecule has 0 aliphatic carbocycles. The highest BCUT2D eigenvalue weighted by Crippen LogP contribution is 2.25. The van der Waals surface area contributed by atoms with Crippen molar-refractivity contribution in [3.05, 3.63) is 11.1 Å². The normalized spacial score (nSPS) is 22.3. The molecule has 1 aromatic heterocycles. The summed E-state index contributed by atoms with van der Waals surface area (Å²) in [6, 6.07) is 0.652. The van der Waals surface area contributed by atoms with Crippen LogP contribution in [0.4, 0.5) is 5.13 Å². The van der Waals surface area contributed by atoms with Crippen molar-refractivity contribution in [3.8, 4) is 0 Å². The van der Waals surface area contributed by atoms with Gasteiger partial charge in [0.05, 0.1) is 11.8 Å². The van der Waals surface area contributed by atoms with E-state index in [1.165, 1.54) is 19.4 Å². The van der Waals surface area contributed by atoms with E-state index in [1.807, 2.05) is 5.38 Å². The second-order valence-corrected chi connectivity index (χ2v) is 5.87. The van der Waals surface area contributed by atoms with E-state index < -0.39 is 6.10 Å². The van der Waals surface area contributed by atoms with Crippen molar-refractivity contribution < 1.29 is 5.11 Å². The number of aromatic nitrogens is 1. The Morgan fingerprint density at radius 3 is 3.06 bits per heavy atom. The first-order valence-corrected chi connectivity index (χ1v) is 7.58. The predicted molar refractivity (Wildman–Crippen MR) is 76.3 cm³/mol. The minimum absolute atomic E-state index is 0.470. The Hall–Kier alpha value is -0.650. The molecule has 0 aromatic carbocycles. The molecule has 1 aliphatic heterocycles. The molecule has 0 bridgehead atoms. The zero-order chi connectivity index (χ0) is 13.1. The molecule has 0 amide bonds. The quantitative estimate of drug-likeness (QED) is 0.889. The summed E-state index contributed by atoms with van der Waals surface area (Å²) in [6.07, 6.45) is 2.12. The van der Waals surface area contributed by atoms with Gasteiger partial charge in [-0.15, -0.1) is 11.3 Å². The highest BCUT2D eigenvalue weighted by molar-refractivity contribution is 7.13. The summed E-state index contributed by atoms with van der Waals surface area (Å²) >= 11 is 1.61. The SMILES string of the molecule is CCN1CCCC1CN(C)c1nc(C(C)O)cs1. The van der Waals surface area contributed by atoms with Crippen LogP contribution in [0, 0.1) is 0 Å². The monoisotopic (exact) mass is 269 g/mol. The molecule has 1 aliphatic rings. The Morgan fingerprint density at radius 2 is 2.44 bits per heavy atom. The third kappa shape index (κ3) is 3.02. The van der Waals surface area contributed by atoms with Crippen molar-refractivity contribution in [2.24, 2.45) is 0 Å². The van der Waals surface area contributed by atoms with Crippen LogP contribution in [0.3, 0.4) is 0 Å². The highest BCUT2D eigenvalue weighted by atomic mass is 32.1. The Bertz CT molecular complexity index is 380. The van der Waals surface area contributed by atoms with Gasteiger partial charge in [-0.25, -0.2) is 4.98 Å².